The van der Waals surface area contributed by atoms with E-state index in [1.807, 2.05) is 67.6 Å². The predicted molar refractivity (Wildman–Crippen MR) is 151 cm³/mol. The Labute approximate surface area is 227 Å². The highest BCUT2D eigenvalue weighted by Crippen LogP contribution is 2.32. The Balaban J connectivity index is 1.55. The number of methoxy groups -OCH3 is 2. The van der Waals surface area contributed by atoms with Gasteiger partial charge in [0, 0.05) is 13.0 Å². The maximum atomic E-state index is 13.3. The quantitative estimate of drug-likeness (QED) is 0.380. The summed E-state index contributed by atoms with van der Waals surface area (Å²) in [5.41, 5.74) is 2.30. The minimum absolute atomic E-state index is 0.0660. The van der Waals surface area contributed by atoms with Gasteiger partial charge in [0.15, 0.2) is 5.17 Å². The number of para-hydroxylation sites is 2. The van der Waals surface area contributed by atoms with Crippen molar-refractivity contribution in [1.29, 1.82) is 0 Å². The molecule has 1 aliphatic rings. The average Bonchev–Trinajstić information content (AvgIpc) is 2.94. The summed E-state index contributed by atoms with van der Waals surface area (Å²) in [5, 5.41) is 2.75. The fourth-order valence-electron chi connectivity index (χ4n) is 3.95. The fraction of sp³-hybridized carbons (Fsp3) is 0.276. The zero-order chi connectivity index (χ0) is 26.9. The highest BCUT2D eigenvalue weighted by molar-refractivity contribution is 8.15. The molecular formula is C29H31N3O5S. The summed E-state index contributed by atoms with van der Waals surface area (Å²) in [4.78, 5) is 33.0. The average molecular weight is 534 g/mol. The van der Waals surface area contributed by atoms with Gasteiger partial charge in [-0.1, -0.05) is 36.0 Å². The third-order valence-corrected chi connectivity index (χ3v) is 7.14. The highest BCUT2D eigenvalue weighted by atomic mass is 32.2. The molecule has 3 aromatic rings. The molecule has 1 N–H and O–H groups in total. The number of nitrogens with one attached hydrogen (secondary N) is 1. The number of benzene rings is 3. The van der Waals surface area contributed by atoms with Crippen molar-refractivity contribution >= 4 is 40.1 Å². The molecule has 0 aromatic heterocycles. The molecule has 3 aromatic carbocycles. The molecule has 0 aliphatic carbocycles. The van der Waals surface area contributed by atoms with Gasteiger partial charge in [-0.05, 0) is 67.4 Å². The van der Waals surface area contributed by atoms with Crippen LogP contribution in [0.4, 0.5) is 11.4 Å². The summed E-state index contributed by atoms with van der Waals surface area (Å²) in [5.74, 6) is 1.65. The van der Waals surface area contributed by atoms with Gasteiger partial charge in [-0.2, -0.15) is 0 Å². The summed E-state index contributed by atoms with van der Waals surface area (Å²) in [6.45, 7) is 2.94. The van der Waals surface area contributed by atoms with Gasteiger partial charge in [0.2, 0.25) is 11.8 Å². The Bertz CT molecular complexity index is 1280. The van der Waals surface area contributed by atoms with E-state index in [-0.39, 0.29) is 18.2 Å². The molecule has 38 heavy (non-hydrogen) atoms. The highest BCUT2D eigenvalue weighted by Gasteiger charge is 2.36. The lowest BCUT2D eigenvalue weighted by atomic mass is 10.1. The molecule has 1 aliphatic heterocycles. The molecule has 1 saturated heterocycles. The molecule has 9 heteroatoms. The van der Waals surface area contributed by atoms with E-state index in [2.05, 4.69) is 5.32 Å². The standard InChI is InChI=1S/C29H31N3O5S/c1-4-37-23-15-11-21(12-16-23)30-29-32(18-17-20-9-13-22(35-2)14-10-20)27(33)19-26(38-29)28(34)31-24-7-5-6-8-25(24)36-3/h5-16,26H,4,17-19H2,1-3H3,(H,31,34)/t26-/m0/s1. The van der Waals surface area contributed by atoms with Crippen LogP contribution < -0.4 is 19.5 Å². The Morgan fingerprint density at radius 1 is 1.00 bits per heavy atom. The number of hydrogen-bond acceptors (Lipinski definition) is 7. The van der Waals surface area contributed by atoms with Gasteiger partial charge < -0.3 is 19.5 Å². The van der Waals surface area contributed by atoms with Crippen LogP contribution >= 0.6 is 11.8 Å². The minimum Gasteiger partial charge on any atom is -0.497 e. The number of aliphatic imine (C=N–C) groups is 1. The predicted octanol–water partition coefficient (Wildman–Crippen LogP) is 5.31. The molecule has 198 valence electrons. The van der Waals surface area contributed by atoms with E-state index >= 15 is 0 Å². The summed E-state index contributed by atoms with van der Waals surface area (Å²) in [6.07, 6.45) is 0.702. The number of carbonyl (C=O) groups excluding carboxylic acids is 2. The monoisotopic (exact) mass is 533 g/mol. The molecule has 4 rings (SSSR count). The molecule has 1 heterocycles. The van der Waals surface area contributed by atoms with Crippen LogP contribution in [0.1, 0.15) is 18.9 Å². The van der Waals surface area contributed by atoms with Crippen LogP contribution in [0, 0.1) is 0 Å². The van der Waals surface area contributed by atoms with Crippen LogP contribution in [0.5, 0.6) is 17.2 Å². The molecular weight excluding hydrogens is 502 g/mol. The largest absolute Gasteiger partial charge is 0.497 e. The van der Waals surface area contributed by atoms with Crippen molar-refractivity contribution in [1.82, 2.24) is 4.90 Å². The Morgan fingerprint density at radius 3 is 2.39 bits per heavy atom. The summed E-state index contributed by atoms with van der Waals surface area (Å²) in [7, 11) is 3.18. The molecule has 0 bridgehead atoms. The molecule has 1 fully saturated rings. The number of ether oxygens (including phenoxy) is 3. The molecule has 2 amide bonds. The number of thioether (sulfide) groups is 1. The van der Waals surface area contributed by atoms with Crippen LogP contribution in [0.25, 0.3) is 0 Å². The van der Waals surface area contributed by atoms with Gasteiger partial charge in [0.25, 0.3) is 0 Å². The maximum absolute atomic E-state index is 13.3. The van der Waals surface area contributed by atoms with Crippen molar-refractivity contribution in [3.05, 3.63) is 78.4 Å². The zero-order valence-corrected chi connectivity index (χ0v) is 22.5. The van der Waals surface area contributed by atoms with E-state index in [4.69, 9.17) is 19.2 Å². The Morgan fingerprint density at radius 2 is 1.71 bits per heavy atom. The zero-order valence-electron chi connectivity index (χ0n) is 21.7. The third-order valence-electron chi connectivity index (χ3n) is 5.95. The van der Waals surface area contributed by atoms with E-state index in [1.54, 1.807) is 31.3 Å². The number of anilines is 1. The summed E-state index contributed by atoms with van der Waals surface area (Å²) < 4.78 is 16.1. The van der Waals surface area contributed by atoms with Crippen LogP contribution in [0.3, 0.4) is 0 Å². The number of amidine groups is 1. The van der Waals surface area contributed by atoms with E-state index in [1.165, 1.54) is 11.8 Å². The van der Waals surface area contributed by atoms with Crippen LogP contribution in [0.15, 0.2) is 77.8 Å². The molecule has 0 spiro atoms. The SMILES string of the molecule is CCOc1ccc(N=C2S[C@H](C(=O)Nc3ccccc3OC)CC(=O)N2CCc2ccc(OC)cc2)cc1. The molecule has 8 nitrogen and oxygen atoms in total. The number of carbonyl (C=O) groups is 2. The normalized spacial score (nSPS) is 16.3. The molecule has 0 saturated carbocycles. The Hall–Kier alpha value is -3.98. The first-order chi connectivity index (χ1) is 18.5. The second-order valence-electron chi connectivity index (χ2n) is 8.46. The van der Waals surface area contributed by atoms with Gasteiger partial charge in [-0.3, -0.25) is 14.5 Å². The van der Waals surface area contributed by atoms with E-state index < -0.39 is 5.25 Å². The molecule has 0 radical (unpaired) electrons. The van der Waals surface area contributed by atoms with Crippen molar-refractivity contribution in [3.63, 3.8) is 0 Å². The van der Waals surface area contributed by atoms with Gasteiger partial charge in [-0.15, -0.1) is 0 Å². The summed E-state index contributed by atoms with van der Waals surface area (Å²) in [6, 6.07) is 22.3. The van der Waals surface area contributed by atoms with Gasteiger partial charge in [0.1, 0.15) is 22.5 Å². The molecule has 0 unspecified atom stereocenters. The number of amides is 2. The molecule has 1 atom stereocenters. The van der Waals surface area contributed by atoms with Crippen molar-refractivity contribution in [2.75, 3.05) is 32.7 Å². The van der Waals surface area contributed by atoms with Crippen LogP contribution in [0.2, 0.25) is 0 Å². The topological polar surface area (TPSA) is 89.5 Å². The number of rotatable bonds is 10. The Kier molecular flexibility index (Phi) is 9.26. The van der Waals surface area contributed by atoms with E-state index in [0.717, 1.165) is 17.1 Å². The smallest absolute Gasteiger partial charge is 0.238 e. The van der Waals surface area contributed by atoms with Crippen LogP contribution in [-0.2, 0) is 16.0 Å². The van der Waals surface area contributed by atoms with E-state index in [0.29, 0.717) is 41.9 Å². The second kappa shape index (κ2) is 13.0. The van der Waals surface area contributed by atoms with Crippen molar-refractivity contribution < 1.29 is 23.8 Å². The minimum atomic E-state index is -0.633. The number of hydrogen-bond donors (Lipinski definition) is 1. The second-order valence-corrected chi connectivity index (χ2v) is 9.63. The van der Waals surface area contributed by atoms with E-state index in [9.17, 15) is 9.59 Å². The van der Waals surface area contributed by atoms with Crippen molar-refractivity contribution in [3.8, 4) is 17.2 Å². The van der Waals surface area contributed by atoms with Gasteiger partial charge in [0.05, 0.1) is 32.2 Å². The van der Waals surface area contributed by atoms with Gasteiger partial charge in [-0.25, -0.2) is 4.99 Å². The summed E-state index contributed by atoms with van der Waals surface area (Å²) >= 11 is 1.29. The lowest BCUT2D eigenvalue weighted by Crippen LogP contribution is -2.46. The van der Waals surface area contributed by atoms with Crippen LogP contribution in [-0.4, -0.2) is 54.5 Å². The van der Waals surface area contributed by atoms with Crippen molar-refractivity contribution in [2.24, 2.45) is 4.99 Å². The lowest BCUT2D eigenvalue weighted by molar-refractivity contribution is -0.129. The van der Waals surface area contributed by atoms with Crippen molar-refractivity contribution in [2.45, 2.75) is 25.0 Å². The maximum Gasteiger partial charge on any atom is 0.238 e. The third kappa shape index (κ3) is 6.86. The van der Waals surface area contributed by atoms with Gasteiger partial charge >= 0.3 is 0 Å². The first-order valence-electron chi connectivity index (χ1n) is 12.4. The number of nitrogens with zero attached hydrogens (tertiary/aromatic N) is 2. The lowest BCUT2D eigenvalue weighted by Gasteiger charge is -2.32. The fourth-order valence-corrected chi connectivity index (χ4v) is 5.07. The first kappa shape index (κ1) is 27.1. The first-order valence-corrected chi connectivity index (χ1v) is 13.2.